The maximum absolute atomic E-state index is 12.5. The number of carbonyl (C=O) groups is 1. The number of aromatic nitrogens is 4. The highest BCUT2D eigenvalue weighted by molar-refractivity contribution is 6.01. The van der Waals surface area contributed by atoms with Crippen LogP contribution in [0.1, 0.15) is 12.8 Å². The zero-order chi connectivity index (χ0) is 22.9. The summed E-state index contributed by atoms with van der Waals surface area (Å²) in [4.78, 5) is 26.4. The van der Waals surface area contributed by atoms with Gasteiger partial charge in [0.05, 0.1) is 16.8 Å². The molecule has 4 aromatic rings. The Morgan fingerprint density at radius 3 is 2.39 bits per heavy atom. The lowest BCUT2D eigenvalue weighted by atomic mass is 10.1. The number of amides is 1. The smallest absolute Gasteiger partial charge is 0.292 e. The zero-order valence-electron chi connectivity index (χ0n) is 17.9. The molecule has 0 aliphatic carbocycles. The molecule has 1 aliphatic rings. The normalized spacial score (nSPS) is 13.4. The SMILES string of the molecule is C=CC(=O)Nc1ccc(-n2nc3c(=O)[nH]nc(N)c3c2-c2ccc(N3CCCC3)cc2)cc1. The van der Waals surface area contributed by atoms with Crippen LogP contribution < -0.4 is 21.5 Å². The third kappa shape index (κ3) is 3.73. The maximum Gasteiger partial charge on any atom is 0.292 e. The number of nitrogens with one attached hydrogen (secondary N) is 2. The fourth-order valence-electron chi connectivity index (χ4n) is 4.18. The zero-order valence-corrected chi connectivity index (χ0v) is 17.9. The summed E-state index contributed by atoms with van der Waals surface area (Å²) in [5, 5.41) is 14.1. The van der Waals surface area contributed by atoms with Crippen molar-refractivity contribution in [3.05, 3.63) is 71.5 Å². The molecule has 0 spiro atoms. The molecule has 0 unspecified atom stereocenters. The first-order valence-corrected chi connectivity index (χ1v) is 10.7. The molecule has 0 saturated carbocycles. The number of carbonyl (C=O) groups excluding carboxylic acids is 1. The standard InChI is InChI=1S/C24H23N7O2/c1-2-19(32)26-16-7-11-18(12-8-16)31-22(20-21(29-31)24(33)28-27-23(20)25)15-5-9-17(10-6-15)30-13-3-4-14-30/h2,5-12H,1,3-4,13-14H2,(H2,25,27)(H,26,32)(H,28,33). The van der Waals surface area contributed by atoms with Crippen molar-refractivity contribution < 1.29 is 4.79 Å². The second-order valence-corrected chi connectivity index (χ2v) is 7.90. The molecule has 1 saturated heterocycles. The van der Waals surface area contributed by atoms with Gasteiger partial charge in [-0.3, -0.25) is 9.59 Å². The van der Waals surface area contributed by atoms with E-state index in [0.717, 1.165) is 24.3 Å². The number of nitrogen functional groups attached to an aromatic ring is 1. The van der Waals surface area contributed by atoms with Crippen LogP contribution in [0.5, 0.6) is 0 Å². The number of H-pyrrole nitrogens is 1. The van der Waals surface area contributed by atoms with E-state index in [1.165, 1.54) is 18.9 Å². The highest BCUT2D eigenvalue weighted by atomic mass is 16.1. The van der Waals surface area contributed by atoms with E-state index in [9.17, 15) is 9.59 Å². The van der Waals surface area contributed by atoms with E-state index < -0.39 is 5.56 Å². The first kappa shape index (κ1) is 20.5. The minimum absolute atomic E-state index is 0.198. The van der Waals surface area contributed by atoms with Crippen LogP contribution in [0.25, 0.3) is 27.8 Å². The van der Waals surface area contributed by atoms with E-state index in [-0.39, 0.29) is 17.2 Å². The molecule has 2 aromatic heterocycles. The van der Waals surface area contributed by atoms with Crippen molar-refractivity contribution in [2.45, 2.75) is 12.8 Å². The van der Waals surface area contributed by atoms with Crippen LogP contribution in [0.3, 0.4) is 0 Å². The van der Waals surface area contributed by atoms with Gasteiger partial charge in [-0.15, -0.1) is 0 Å². The Bertz CT molecular complexity index is 1400. The molecule has 3 heterocycles. The molecular weight excluding hydrogens is 418 g/mol. The molecule has 0 radical (unpaired) electrons. The average molecular weight is 441 g/mol. The fourth-order valence-corrected chi connectivity index (χ4v) is 4.18. The average Bonchev–Trinajstić information content (AvgIpc) is 3.51. The summed E-state index contributed by atoms with van der Waals surface area (Å²) < 4.78 is 1.68. The molecule has 1 fully saturated rings. The summed E-state index contributed by atoms with van der Waals surface area (Å²) in [6.45, 7) is 5.57. The lowest BCUT2D eigenvalue weighted by Gasteiger charge is -2.18. The quantitative estimate of drug-likeness (QED) is 0.409. The van der Waals surface area contributed by atoms with Gasteiger partial charge >= 0.3 is 0 Å². The Morgan fingerprint density at radius 2 is 1.73 bits per heavy atom. The number of benzene rings is 2. The number of hydrogen-bond acceptors (Lipinski definition) is 6. The van der Waals surface area contributed by atoms with Gasteiger partial charge in [0.1, 0.15) is 0 Å². The van der Waals surface area contributed by atoms with E-state index in [1.807, 2.05) is 24.3 Å². The van der Waals surface area contributed by atoms with E-state index >= 15 is 0 Å². The summed E-state index contributed by atoms with van der Waals surface area (Å²) in [6.07, 6.45) is 3.61. The molecule has 0 atom stereocenters. The van der Waals surface area contributed by atoms with Gasteiger partial charge in [0.15, 0.2) is 11.3 Å². The molecule has 5 rings (SSSR count). The van der Waals surface area contributed by atoms with Gasteiger partial charge in [0, 0.05) is 30.0 Å². The highest BCUT2D eigenvalue weighted by Crippen LogP contribution is 2.34. The maximum atomic E-state index is 12.5. The number of fused-ring (bicyclic) bond motifs is 1. The third-order valence-electron chi connectivity index (χ3n) is 5.81. The largest absolute Gasteiger partial charge is 0.382 e. The Labute approximate surface area is 189 Å². The number of anilines is 3. The minimum atomic E-state index is -0.414. The van der Waals surface area contributed by atoms with Crippen LogP contribution in [0.4, 0.5) is 17.2 Å². The summed E-state index contributed by atoms with van der Waals surface area (Å²) in [6, 6.07) is 15.3. The molecule has 9 heteroatoms. The topological polar surface area (TPSA) is 122 Å². The van der Waals surface area contributed by atoms with Crippen molar-refractivity contribution in [3.63, 3.8) is 0 Å². The Balaban J connectivity index is 1.63. The molecule has 9 nitrogen and oxygen atoms in total. The third-order valence-corrected chi connectivity index (χ3v) is 5.81. The summed E-state index contributed by atoms with van der Waals surface area (Å²) >= 11 is 0. The first-order valence-electron chi connectivity index (χ1n) is 10.7. The van der Waals surface area contributed by atoms with Crippen LogP contribution in [-0.2, 0) is 4.79 Å². The Morgan fingerprint density at radius 1 is 1.06 bits per heavy atom. The van der Waals surface area contributed by atoms with Gasteiger partial charge in [-0.05, 0) is 55.3 Å². The van der Waals surface area contributed by atoms with E-state index in [2.05, 4.69) is 44.2 Å². The van der Waals surface area contributed by atoms with Crippen molar-refractivity contribution in [2.75, 3.05) is 29.0 Å². The number of nitrogens with two attached hydrogens (primary N) is 1. The van der Waals surface area contributed by atoms with Gasteiger partial charge in [-0.2, -0.15) is 10.2 Å². The molecule has 166 valence electrons. The van der Waals surface area contributed by atoms with Crippen LogP contribution in [-0.4, -0.2) is 39.0 Å². The monoisotopic (exact) mass is 441 g/mol. The summed E-state index contributed by atoms with van der Waals surface area (Å²) in [7, 11) is 0. The van der Waals surface area contributed by atoms with Gasteiger partial charge in [0.25, 0.3) is 5.56 Å². The lowest BCUT2D eigenvalue weighted by molar-refractivity contribution is -0.111. The number of hydrogen-bond donors (Lipinski definition) is 3. The first-order chi connectivity index (χ1) is 16.0. The summed E-state index contributed by atoms with van der Waals surface area (Å²) in [5.41, 5.74) is 10.0. The molecule has 33 heavy (non-hydrogen) atoms. The van der Waals surface area contributed by atoms with E-state index in [0.29, 0.717) is 22.5 Å². The van der Waals surface area contributed by atoms with Crippen molar-refractivity contribution in [3.8, 4) is 16.9 Å². The Kier molecular flexibility index (Phi) is 5.14. The second-order valence-electron chi connectivity index (χ2n) is 7.90. The number of rotatable bonds is 5. The van der Waals surface area contributed by atoms with Gasteiger partial charge in [-0.25, -0.2) is 9.78 Å². The number of nitrogens with zero attached hydrogens (tertiary/aromatic N) is 4. The highest BCUT2D eigenvalue weighted by Gasteiger charge is 2.21. The van der Waals surface area contributed by atoms with E-state index in [1.54, 1.807) is 16.8 Å². The van der Waals surface area contributed by atoms with Crippen LogP contribution in [0.15, 0.2) is 66.0 Å². The van der Waals surface area contributed by atoms with Crippen LogP contribution in [0.2, 0.25) is 0 Å². The van der Waals surface area contributed by atoms with Crippen LogP contribution in [0, 0.1) is 0 Å². The molecule has 1 amide bonds. The molecule has 4 N–H and O–H groups in total. The van der Waals surface area contributed by atoms with Crippen molar-refractivity contribution in [1.82, 2.24) is 20.0 Å². The van der Waals surface area contributed by atoms with E-state index in [4.69, 9.17) is 5.73 Å². The van der Waals surface area contributed by atoms with Crippen molar-refractivity contribution in [1.29, 1.82) is 0 Å². The van der Waals surface area contributed by atoms with Gasteiger partial charge in [-0.1, -0.05) is 18.7 Å². The fraction of sp³-hybridized carbons (Fsp3) is 0.167. The molecule has 2 aromatic carbocycles. The summed E-state index contributed by atoms with van der Waals surface area (Å²) in [5.74, 6) is -0.0962. The Hall–Kier alpha value is -4.40. The molecular formula is C24H23N7O2. The second kappa shape index (κ2) is 8.27. The molecule has 0 bridgehead atoms. The predicted octanol–water partition coefficient (Wildman–Crippen LogP) is 3.08. The van der Waals surface area contributed by atoms with Crippen molar-refractivity contribution in [2.24, 2.45) is 0 Å². The van der Waals surface area contributed by atoms with Crippen LogP contribution >= 0.6 is 0 Å². The predicted molar refractivity (Wildman–Crippen MR) is 130 cm³/mol. The van der Waals surface area contributed by atoms with Crippen molar-refractivity contribution >= 4 is 34.0 Å². The lowest BCUT2D eigenvalue weighted by Crippen LogP contribution is -2.17. The minimum Gasteiger partial charge on any atom is -0.382 e. The van der Waals surface area contributed by atoms with Gasteiger partial charge < -0.3 is 16.0 Å². The molecule has 1 aliphatic heterocycles. The van der Waals surface area contributed by atoms with Gasteiger partial charge in [0.2, 0.25) is 5.91 Å². The number of aromatic amines is 1.